The van der Waals surface area contributed by atoms with Gasteiger partial charge >= 0.3 is 0 Å². The highest BCUT2D eigenvalue weighted by Gasteiger charge is 2.15. The molecule has 0 aliphatic carbocycles. The zero-order valence-corrected chi connectivity index (χ0v) is 19.8. The van der Waals surface area contributed by atoms with Crippen LogP contribution in [0.1, 0.15) is 11.1 Å². The zero-order valence-electron chi connectivity index (χ0n) is 16.7. The number of carbonyl (C=O) groups excluding carboxylic acids is 1. The van der Waals surface area contributed by atoms with E-state index in [4.69, 9.17) is 16.3 Å². The van der Waals surface area contributed by atoms with Gasteiger partial charge in [0.2, 0.25) is 10.0 Å². The van der Waals surface area contributed by atoms with Crippen molar-refractivity contribution in [2.45, 2.75) is 11.5 Å². The van der Waals surface area contributed by atoms with Crippen LogP contribution in [0.25, 0.3) is 0 Å². The molecule has 0 heterocycles. The molecule has 0 spiro atoms. The number of amides is 1. The molecule has 3 rings (SSSR count). The second kappa shape index (κ2) is 11.2. The second-order valence-corrected chi connectivity index (χ2v) is 9.64. The predicted octanol–water partition coefficient (Wildman–Crippen LogP) is 4.11. The summed E-state index contributed by atoms with van der Waals surface area (Å²) in [6, 6.07) is 20.6. The second-order valence-electron chi connectivity index (χ2n) is 6.52. The van der Waals surface area contributed by atoms with Crippen LogP contribution in [0.5, 0.6) is 5.75 Å². The highest BCUT2D eigenvalue weighted by atomic mass is 79.9. The number of rotatable bonds is 9. The first-order chi connectivity index (χ1) is 15.3. The van der Waals surface area contributed by atoms with Crippen molar-refractivity contribution in [2.24, 2.45) is 5.10 Å². The van der Waals surface area contributed by atoms with Crippen molar-refractivity contribution in [1.82, 2.24) is 10.1 Å². The summed E-state index contributed by atoms with van der Waals surface area (Å²) in [5, 5.41) is 4.30. The molecule has 32 heavy (non-hydrogen) atoms. The van der Waals surface area contributed by atoms with Crippen LogP contribution in [-0.2, 0) is 21.4 Å². The van der Waals surface area contributed by atoms with E-state index in [1.807, 2.05) is 36.4 Å². The van der Waals surface area contributed by atoms with E-state index in [9.17, 15) is 13.2 Å². The molecule has 0 aromatic heterocycles. The van der Waals surface area contributed by atoms with Gasteiger partial charge in [-0.2, -0.15) is 5.10 Å². The van der Waals surface area contributed by atoms with Crippen molar-refractivity contribution < 1.29 is 17.9 Å². The number of nitrogens with zero attached hydrogens (tertiary/aromatic N) is 1. The van der Waals surface area contributed by atoms with Gasteiger partial charge in [0.1, 0.15) is 12.4 Å². The van der Waals surface area contributed by atoms with Gasteiger partial charge in [-0.3, -0.25) is 4.79 Å². The Morgan fingerprint density at radius 2 is 1.72 bits per heavy atom. The minimum atomic E-state index is -3.84. The molecule has 2 N–H and O–H groups in total. The summed E-state index contributed by atoms with van der Waals surface area (Å²) in [6.45, 7) is -0.0962. The lowest BCUT2D eigenvalue weighted by molar-refractivity contribution is -0.119. The highest BCUT2D eigenvalue weighted by molar-refractivity contribution is 9.10. The molecule has 0 saturated heterocycles. The standard InChI is InChI=1S/C22H19BrClN3O4S/c23-18-7-5-16(6-8-18)15-31-21-4-2-1-3-17(21)13-25-27-22(28)14-26-32(29,30)20-11-9-19(24)10-12-20/h1-13,26H,14-15H2,(H,27,28)/b25-13-. The molecule has 0 fully saturated rings. The molecular weight excluding hydrogens is 518 g/mol. The van der Waals surface area contributed by atoms with Gasteiger partial charge in [0, 0.05) is 15.1 Å². The van der Waals surface area contributed by atoms with Crippen LogP contribution in [0, 0.1) is 0 Å². The van der Waals surface area contributed by atoms with Crippen LogP contribution >= 0.6 is 27.5 Å². The minimum Gasteiger partial charge on any atom is -0.488 e. The smallest absolute Gasteiger partial charge is 0.255 e. The minimum absolute atomic E-state index is 0.00931. The molecule has 7 nitrogen and oxygen atoms in total. The number of nitrogens with one attached hydrogen (secondary N) is 2. The fourth-order valence-electron chi connectivity index (χ4n) is 2.53. The molecular formula is C22H19BrClN3O4S. The predicted molar refractivity (Wildman–Crippen MR) is 127 cm³/mol. The number of hydrazone groups is 1. The van der Waals surface area contributed by atoms with Crippen molar-refractivity contribution in [3.63, 3.8) is 0 Å². The Balaban J connectivity index is 1.53. The number of hydrogen-bond acceptors (Lipinski definition) is 5. The Morgan fingerprint density at radius 1 is 1.03 bits per heavy atom. The molecule has 0 unspecified atom stereocenters. The van der Waals surface area contributed by atoms with Gasteiger partial charge in [0.15, 0.2) is 0 Å². The van der Waals surface area contributed by atoms with E-state index in [1.54, 1.807) is 12.1 Å². The van der Waals surface area contributed by atoms with Crippen LogP contribution in [-0.4, -0.2) is 27.1 Å². The maximum Gasteiger partial charge on any atom is 0.255 e. The van der Waals surface area contributed by atoms with E-state index in [2.05, 4.69) is 31.2 Å². The average molecular weight is 537 g/mol. The molecule has 1 amide bonds. The van der Waals surface area contributed by atoms with Gasteiger partial charge in [-0.25, -0.2) is 18.6 Å². The van der Waals surface area contributed by atoms with Gasteiger partial charge in [-0.1, -0.05) is 51.8 Å². The Labute approximate surface area is 199 Å². The number of sulfonamides is 1. The van der Waals surface area contributed by atoms with Crippen LogP contribution in [0.4, 0.5) is 0 Å². The fourth-order valence-corrected chi connectivity index (χ4v) is 3.90. The van der Waals surface area contributed by atoms with Gasteiger partial charge in [0.05, 0.1) is 17.7 Å². The Kier molecular flexibility index (Phi) is 8.40. The van der Waals surface area contributed by atoms with Crippen molar-refractivity contribution >= 4 is 49.7 Å². The number of para-hydroxylation sites is 1. The molecule has 166 valence electrons. The lowest BCUT2D eigenvalue weighted by atomic mass is 10.2. The Morgan fingerprint density at radius 3 is 2.44 bits per heavy atom. The number of benzene rings is 3. The molecule has 0 saturated carbocycles. The van der Waals surface area contributed by atoms with E-state index in [0.29, 0.717) is 22.9 Å². The van der Waals surface area contributed by atoms with Gasteiger partial charge in [-0.15, -0.1) is 0 Å². The summed E-state index contributed by atoms with van der Waals surface area (Å²) < 4.78 is 33.5. The number of hydrogen-bond donors (Lipinski definition) is 2. The summed E-state index contributed by atoms with van der Waals surface area (Å²) in [4.78, 5) is 12.0. The first-order valence-electron chi connectivity index (χ1n) is 9.37. The molecule has 0 aliphatic rings. The fraction of sp³-hybridized carbons (Fsp3) is 0.0909. The van der Waals surface area contributed by atoms with Crippen LogP contribution in [0.3, 0.4) is 0 Å². The maximum atomic E-state index is 12.2. The van der Waals surface area contributed by atoms with E-state index >= 15 is 0 Å². The summed E-state index contributed by atoms with van der Waals surface area (Å²) >= 11 is 9.15. The number of carbonyl (C=O) groups is 1. The van der Waals surface area contributed by atoms with E-state index in [1.165, 1.54) is 30.5 Å². The van der Waals surface area contributed by atoms with E-state index < -0.39 is 22.5 Å². The normalized spacial score (nSPS) is 11.4. The molecule has 3 aromatic carbocycles. The van der Waals surface area contributed by atoms with Crippen molar-refractivity contribution in [1.29, 1.82) is 0 Å². The maximum absolute atomic E-state index is 12.2. The van der Waals surface area contributed by atoms with E-state index in [0.717, 1.165) is 10.0 Å². The first-order valence-corrected chi connectivity index (χ1v) is 12.0. The van der Waals surface area contributed by atoms with Gasteiger partial charge in [0.25, 0.3) is 5.91 Å². The zero-order chi connectivity index (χ0) is 23.0. The molecule has 0 radical (unpaired) electrons. The molecule has 3 aromatic rings. The lowest BCUT2D eigenvalue weighted by Crippen LogP contribution is -2.34. The number of ether oxygens (including phenoxy) is 1. The van der Waals surface area contributed by atoms with Gasteiger partial charge < -0.3 is 4.74 Å². The number of halogens is 2. The van der Waals surface area contributed by atoms with Crippen molar-refractivity contribution in [3.05, 3.63) is 93.4 Å². The van der Waals surface area contributed by atoms with Crippen molar-refractivity contribution in [3.8, 4) is 5.75 Å². The third kappa shape index (κ3) is 7.16. The van der Waals surface area contributed by atoms with Gasteiger partial charge in [-0.05, 0) is 54.1 Å². The Bertz CT molecular complexity index is 1200. The van der Waals surface area contributed by atoms with Crippen LogP contribution < -0.4 is 14.9 Å². The Hall–Kier alpha value is -2.72. The molecule has 0 aliphatic heterocycles. The first kappa shape index (κ1) is 23.9. The molecule has 0 atom stereocenters. The summed E-state index contributed by atoms with van der Waals surface area (Å²) in [6.07, 6.45) is 1.43. The molecule has 10 heteroatoms. The summed E-state index contributed by atoms with van der Waals surface area (Å²) in [5.41, 5.74) is 3.95. The lowest BCUT2D eigenvalue weighted by Gasteiger charge is -2.09. The average Bonchev–Trinajstić information content (AvgIpc) is 2.78. The third-order valence-corrected chi connectivity index (χ3v) is 6.36. The van der Waals surface area contributed by atoms with E-state index in [-0.39, 0.29) is 4.90 Å². The topological polar surface area (TPSA) is 96.9 Å². The van der Waals surface area contributed by atoms with Crippen molar-refractivity contribution in [2.75, 3.05) is 6.54 Å². The van der Waals surface area contributed by atoms with Crippen LogP contribution in [0.2, 0.25) is 5.02 Å². The monoisotopic (exact) mass is 535 g/mol. The third-order valence-electron chi connectivity index (χ3n) is 4.17. The molecule has 0 bridgehead atoms. The largest absolute Gasteiger partial charge is 0.488 e. The quantitative estimate of drug-likeness (QED) is 0.318. The summed E-state index contributed by atoms with van der Waals surface area (Å²) in [7, 11) is -3.84. The SMILES string of the molecule is O=C(CNS(=O)(=O)c1ccc(Cl)cc1)N/N=C\c1ccccc1OCc1ccc(Br)cc1. The highest BCUT2D eigenvalue weighted by Crippen LogP contribution is 2.18. The van der Waals surface area contributed by atoms with Crippen LogP contribution in [0.15, 0.2) is 87.3 Å². The summed E-state index contributed by atoms with van der Waals surface area (Å²) in [5.74, 6) is -0.0242.